The van der Waals surface area contributed by atoms with Crippen LogP contribution in [0, 0.1) is 0 Å². The van der Waals surface area contributed by atoms with Crippen molar-refractivity contribution < 1.29 is 4.79 Å². The summed E-state index contributed by atoms with van der Waals surface area (Å²) in [6.45, 7) is 0.661. The smallest absolute Gasteiger partial charge is 0.267 e. The molecule has 0 unspecified atom stereocenters. The first-order valence-electron chi connectivity index (χ1n) is 10.5. The number of pyridine rings is 1. The molecule has 1 amide bonds. The number of hydrogen-bond acceptors (Lipinski definition) is 5. The van der Waals surface area contributed by atoms with Gasteiger partial charge in [0.05, 0.1) is 35.5 Å². The Hall–Kier alpha value is -4.59. The summed E-state index contributed by atoms with van der Waals surface area (Å²) in [5.74, 6) is 0.169. The summed E-state index contributed by atoms with van der Waals surface area (Å²) in [4.78, 5) is 34.7. The molecule has 6 rings (SSSR count). The van der Waals surface area contributed by atoms with E-state index in [0.29, 0.717) is 23.8 Å². The van der Waals surface area contributed by atoms with Gasteiger partial charge in [-0.15, -0.1) is 0 Å². The number of aromatic nitrogens is 5. The fourth-order valence-corrected chi connectivity index (χ4v) is 4.09. The number of nitrogens with one attached hydrogen (secondary N) is 1. The van der Waals surface area contributed by atoms with E-state index in [2.05, 4.69) is 20.4 Å². The summed E-state index contributed by atoms with van der Waals surface area (Å²) in [5, 5.41) is 7.52. The molecule has 0 fully saturated rings. The van der Waals surface area contributed by atoms with Gasteiger partial charge in [-0.1, -0.05) is 24.3 Å². The molecule has 160 valence electrons. The summed E-state index contributed by atoms with van der Waals surface area (Å²) in [6, 6.07) is 22.0. The van der Waals surface area contributed by atoms with Gasteiger partial charge in [-0.3, -0.25) is 19.9 Å². The Morgan fingerprint density at radius 3 is 2.70 bits per heavy atom. The number of rotatable bonds is 0. The summed E-state index contributed by atoms with van der Waals surface area (Å²) in [7, 11) is 0. The molecule has 4 heterocycles. The summed E-state index contributed by atoms with van der Waals surface area (Å²) in [5.41, 5.74) is 5.05. The van der Waals surface area contributed by atoms with Crippen LogP contribution in [0.25, 0.3) is 22.3 Å². The normalized spacial score (nSPS) is 13.0. The lowest BCUT2D eigenvalue weighted by Gasteiger charge is -2.11. The first-order valence-corrected chi connectivity index (χ1v) is 10.5. The van der Waals surface area contributed by atoms with E-state index in [9.17, 15) is 9.59 Å². The van der Waals surface area contributed by atoms with Gasteiger partial charge in [0.1, 0.15) is 0 Å². The second kappa shape index (κ2) is 7.52. The lowest BCUT2D eigenvalue weighted by atomic mass is 10.1. The molecule has 0 aliphatic carbocycles. The Bertz CT molecular complexity index is 1600. The average molecular weight is 434 g/mol. The van der Waals surface area contributed by atoms with Crippen molar-refractivity contribution in [3.8, 4) is 11.3 Å². The molecule has 1 aliphatic rings. The van der Waals surface area contributed by atoms with Crippen molar-refractivity contribution in [2.45, 2.75) is 13.1 Å². The quantitative estimate of drug-likeness (QED) is 0.404. The third-order valence-corrected chi connectivity index (χ3v) is 5.70. The van der Waals surface area contributed by atoms with Crippen LogP contribution in [-0.2, 0) is 13.1 Å². The number of amides is 1. The molecule has 5 aromatic rings. The maximum atomic E-state index is 13.1. The van der Waals surface area contributed by atoms with Crippen molar-refractivity contribution in [3.05, 3.63) is 106 Å². The van der Waals surface area contributed by atoms with Crippen molar-refractivity contribution in [1.82, 2.24) is 24.3 Å². The monoisotopic (exact) mass is 434 g/mol. The van der Waals surface area contributed by atoms with Crippen LogP contribution >= 0.6 is 0 Å². The summed E-state index contributed by atoms with van der Waals surface area (Å²) in [6.07, 6.45) is 1.72. The van der Waals surface area contributed by atoms with Gasteiger partial charge in [-0.2, -0.15) is 5.10 Å². The van der Waals surface area contributed by atoms with Crippen LogP contribution in [0.5, 0.6) is 0 Å². The maximum Gasteiger partial charge on any atom is 0.267 e. The molecule has 1 N–H and O–H groups in total. The second-order valence-corrected chi connectivity index (χ2v) is 7.92. The topological polar surface area (TPSA) is 94.7 Å². The van der Waals surface area contributed by atoms with Gasteiger partial charge >= 0.3 is 0 Å². The van der Waals surface area contributed by atoms with Gasteiger partial charge in [0, 0.05) is 23.4 Å². The molecule has 0 saturated carbocycles. The standard InChI is InChI=1S/C25H18N6O2/c32-23-9-8-20-17-10-11-26-19(13-17)15-30-22-7-2-1-6-21(22)27-25(30)28-24(33)18-5-3-4-16(12-18)14-31(23)29-20/h1-13H,14-15H2,(H,27,28,33). The molecule has 6 bridgehead atoms. The second-order valence-electron chi connectivity index (χ2n) is 7.92. The number of benzene rings is 2. The van der Waals surface area contributed by atoms with Gasteiger partial charge in [0.2, 0.25) is 5.95 Å². The Kier molecular flexibility index (Phi) is 4.36. The number of carbonyl (C=O) groups excluding carboxylic acids is 1. The highest BCUT2D eigenvalue weighted by molar-refractivity contribution is 6.04. The van der Waals surface area contributed by atoms with E-state index < -0.39 is 0 Å². The van der Waals surface area contributed by atoms with Crippen molar-refractivity contribution >= 4 is 22.9 Å². The Morgan fingerprint density at radius 2 is 1.76 bits per heavy atom. The Morgan fingerprint density at radius 1 is 0.848 bits per heavy atom. The third kappa shape index (κ3) is 3.47. The average Bonchev–Trinajstić information content (AvgIpc) is 3.17. The predicted octanol–water partition coefficient (Wildman–Crippen LogP) is 3.32. The van der Waals surface area contributed by atoms with Gasteiger partial charge in [-0.05, 0) is 48.0 Å². The summed E-state index contributed by atoms with van der Waals surface area (Å²) >= 11 is 0. The number of para-hydroxylation sites is 2. The number of imidazole rings is 1. The molecule has 0 saturated heterocycles. The molecule has 3 aromatic heterocycles. The van der Waals surface area contributed by atoms with E-state index in [1.54, 1.807) is 30.5 Å². The Labute approximate surface area is 188 Å². The van der Waals surface area contributed by atoms with Crippen LogP contribution in [0.15, 0.2) is 83.8 Å². The molecular weight excluding hydrogens is 416 g/mol. The molecular formula is C25H18N6O2. The van der Waals surface area contributed by atoms with Crippen LogP contribution in [-0.4, -0.2) is 30.2 Å². The van der Waals surface area contributed by atoms with Crippen LogP contribution in [0.1, 0.15) is 21.6 Å². The minimum absolute atomic E-state index is 0.209. The molecule has 8 heteroatoms. The third-order valence-electron chi connectivity index (χ3n) is 5.70. The Balaban J connectivity index is 1.58. The minimum Gasteiger partial charge on any atom is -0.304 e. The molecule has 2 aromatic carbocycles. The van der Waals surface area contributed by atoms with E-state index >= 15 is 0 Å². The lowest BCUT2D eigenvalue weighted by molar-refractivity contribution is 0.102. The first-order chi connectivity index (χ1) is 16.1. The minimum atomic E-state index is -0.279. The lowest BCUT2D eigenvalue weighted by Crippen LogP contribution is -2.23. The zero-order valence-electron chi connectivity index (χ0n) is 17.5. The zero-order valence-corrected chi connectivity index (χ0v) is 17.5. The molecule has 8 nitrogen and oxygen atoms in total. The van der Waals surface area contributed by atoms with E-state index in [0.717, 1.165) is 27.9 Å². The molecule has 0 radical (unpaired) electrons. The highest BCUT2D eigenvalue weighted by Crippen LogP contribution is 2.23. The van der Waals surface area contributed by atoms with Crippen molar-refractivity contribution in [1.29, 1.82) is 0 Å². The largest absolute Gasteiger partial charge is 0.304 e. The summed E-state index contributed by atoms with van der Waals surface area (Å²) < 4.78 is 3.35. The van der Waals surface area contributed by atoms with Crippen molar-refractivity contribution in [2.75, 3.05) is 5.32 Å². The van der Waals surface area contributed by atoms with Gasteiger partial charge in [0.25, 0.3) is 11.5 Å². The first kappa shape index (κ1) is 19.1. The van der Waals surface area contributed by atoms with E-state index in [1.807, 2.05) is 47.0 Å². The van der Waals surface area contributed by atoms with E-state index in [1.165, 1.54) is 10.7 Å². The SMILES string of the molecule is O=C1Nc2nc3ccccc3n2Cc2cc(ccn2)-c2ccc(=O)n(n2)Cc2cccc1c2. The van der Waals surface area contributed by atoms with Crippen LogP contribution in [0.2, 0.25) is 0 Å². The van der Waals surface area contributed by atoms with Crippen LogP contribution < -0.4 is 10.9 Å². The molecule has 0 atom stereocenters. The zero-order chi connectivity index (χ0) is 22.4. The molecule has 33 heavy (non-hydrogen) atoms. The van der Waals surface area contributed by atoms with Crippen LogP contribution in [0.3, 0.4) is 0 Å². The van der Waals surface area contributed by atoms with Gasteiger partial charge < -0.3 is 4.57 Å². The maximum absolute atomic E-state index is 13.1. The highest BCUT2D eigenvalue weighted by atomic mass is 16.2. The van der Waals surface area contributed by atoms with Gasteiger partial charge in [0.15, 0.2) is 0 Å². The fourth-order valence-electron chi connectivity index (χ4n) is 4.09. The molecule has 0 spiro atoms. The number of nitrogens with zero attached hydrogens (tertiary/aromatic N) is 5. The predicted molar refractivity (Wildman–Crippen MR) is 124 cm³/mol. The fraction of sp³-hybridized carbons (Fsp3) is 0.0800. The van der Waals surface area contributed by atoms with Crippen LogP contribution in [0.4, 0.5) is 5.95 Å². The van der Waals surface area contributed by atoms with E-state index in [4.69, 9.17) is 0 Å². The molecule has 1 aliphatic heterocycles. The number of hydrogen-bond donors (Lipinski definition) is 1. The van der Waals surface area contributed by atoms with Crippen molar-refractivity contribution in [3.63, 3.8) is 0 Å². The van der Waals surface area contributed by atoms with E-state index in [-0.39, 0.29) is 18.0 Å². The number of carbonyl (C=O) groups is 1. The highest BCUT2D eigenvalue weighted by Gasteiger charge is 2.17. The van der Waals surface area contributed by atoms with Crippen molar-refractivity contribution in [2.24, 2.45) is 0 Å². The number of fused-ring (bicyclic) bond motifs is 10. The van der Waals surface area contributed by atoms with Gasteiger partial charge in [-0.25, -0.2) is 9.67 Å². The number of anilines is 1.